The molecule has 0 unspecified atom stereocenters. The summed E-state index contributed by atoms with van der Waals surface area (Å²) >= 11 is 7.32. The number of carbonyl (C=O) groups excluding carboxylic acids is 1. The van der Waals surface area contributed by atoms with Gasteiger partial charge in [0.2, 0.25) is 5.91 Å². The van der Waals surface area contributed by atoms with Gasteiger partial charge in [-0.3, -0.25) is 4.79 Å². The van der Waals surface area contributed by atoms with Crippen LogP contribution in [0.15, 0.2) is 70.3 Å². The van der Waals surface area contributed by atoms with Crippen molar-refractivity contribution in [1.29, 1.82) is 5.26 Å². The summed E-state index contributed by atoms with van der Waals surface area (Å²) in [6, 6.07) is 17.9. The maximum Gasteiger partial charge on any atom is 0.234 e. The summed E-state index contributed by atoms with van der Waals surface area (Å²) in [5.41, 5.74) is 1.66. The third-order valence-corrected chi connectivity index (χ3v) is 5.33. The predicted molar refractivity (Wildman–Crippen MR) is 113 cm³/mol. The highest BCUT2D eigenvalue weighted by Gasteiger charge is 2.13. The van der Waals surface area contributed by atoms with Crippen molar-refractivity contribution in [2.75, 3.05) is 11.1 Å². The van der Waals surface area contributed by atoms with E-state index in [9.17, 15) is 4.79 Å². The Morgan fingerprint density at radius 2 is 2.03 bits per heavy atom. The number of thioether (sulfide) groups is 1. The number of carbonyl (C=O) groups is 1. The zero-order chi connectivity index (χ0) is 20.2. The first-order valence-electron chi connectivity index (χ1n) is 8.57. The van der Waals surface area contributed by atoms with Gasteiger partial charge >= 0.3 is 0 Å². The molecule has 0 aliphatic carbocycles. The lowest BCUT2D eigenvalue weighted by Crippen LogP contribution is -2.14. The molecule has 8 heteroatoms. The quantitative estimate of drug-likeness (QED) is 0.354. The van der Waals surface area contributed by atoms with E-state index in [1.807, 2.05) is 30.3 Å². The van der Waals surface area contributed by atoms with Crippen LogP contribution in [0.3, 0.4) is 0 Å². The molecule has 6 nitrogen and oxygen atoms in total. The number of amides is 1. The first-order chi connectivity index (χ1) is 14.1. The number of nitriles is 1. The number of furan rings is 1. The molecule has 0 saturated carbocycles. The Bertz CT molecular complexity index is 1240. The van der Waals surface area contributed by atoms with E-state index in [0.29, 0.717) is 32.9 Å². The van der Waals surface area contributed by atoms with Gasteiger partial charge in [-0.25, -0.2) is 9.97 Å². The van der Waals surface area contributed by atoms with Gasteiger partial charge in [-0.1, -0.05) is 41.6 Å². The second-order valence-corrected chi connectivity index (χ2v) is 7.36. The Kier molecular flexibility index (Phi) is 5.47. The van der Waals surface area contributed by atoms with Crippen molar-refractivity contribution >= 4 is 45.9 Å². The lowest BCUT2D eigenvalue weighted by Gasteiger charge is -2.08. The fourth-order valence-electron chi connectivity index (χ4n) is 2.69. The monoisotopic (exact) mass is 420 g/mol. The molecule has 2 aromatic heterocycles. The Hall–Kier alpha value is -3.34. The summed E-state index contributed by atoms with van der Waals surface area (Å²) in [5.74, 6) is 0.971. The molecular weight excluding hydrogens is 408 g/mol. The van der Waals surface area contributed by atoms with Crippen LogP contribution in [0.1, 0.15) is 5.56 Å². The van der Waals surface area contributed by atoms with Crippen LogP contribution >= 0.6 is 23.4 Å². The molecule has 0 aliphatic rings. The molecule has 0 saturated heterocycles. The maximum atomic E-state index is 12.4. The van der Waals surface area contributed by atoms with Crippen LogP contribution < -0.4 is 5.32 Å². The molecule has 0 fully saturated rings. The second kappa shape index (κ2) is 8.35. The maximum absolute atomic E-state index is 12.4. The van der Waals surface area contributed by atoms with Crippen LogP contribution in [-0.4, -0.2) is 21.6 Å². The molecule has 0 bridgehead atoms. The van der Waals surface area contributed by atoms with E-state index in [0.717, 1.165) is 10.9 Å². The molecule has 0 spiro atoms. The Labute approximate surface area is 175 Å². The van der Waals surface area contributed by atoms with Gasteiger partial charge < -0.3 is 9.73 Å². The van der Waals surface area contributed by atoms with Crippen molar-refractivity contribution in [1.82, 2.24) is 9.97 Å². The van der Waals surface area contributed by atoms with Crippen molar-refractivity contribution in [2.45, 2.75) is 5.03 Å². The predicted octanol–water partition coefficient (Wildman–Crippen LogP) is 5.15. The smallest absolute Gasteiger partial charge is 0.234 e. The van der Waals surface area contributed by atoms with Crippen molar-refractivity contribution in [3.8, 4) is 17.7 Å². The van der Waals surface area contributed by atoms with Crippen molar-refractivity contribution < 1.29 is 9.21 Å². The largest absolute Gasteiger partial charge is 0.461 e. The van der Waals surface area contributed by atoms with Crippen LogP contribution in [0.4, 0.5) is 5.69 Å². The third kappa shape index (κ3) is 4.24. The lowest BCUT2D eigenvalue weighted by atomic mass is 10.2. The van der Waals surface area contributed by atoms with E-state index in [2.05, 4.69) is 15.3 Å². The highest BCUT2D eigenvalue weighted by atomic mass is 35.5. The molecule has 4 aromatic rings. The number of hydrogen-bond donors (Lipinski definition) is 1. The number of aromatic nitrogens is 2. The Balaban J connectivity index is 1.54. The van der Waals surface area contributed by atoms with Crippen molar-refractivity contribution in [2.24, 2.45) is 0 Å². The number of nitrogens with zero attached hydrogens (tertiary/aromatic N) is 3. The van der Waals surface area contributed by atoms with E-state index >= 15 is 0 Å². The van der Waals surface area contributed by atoms with Crippen LogP contribution in [0.2, 0.25) is 5.02 Å². The van der Waals surface area contributed by atoms with Crippen LogP contribution in [0.5, 0.6) is 0 Å². The SMILES string of the molecule is N#Cc1ccc(NC(=O)CSc2nc(-c3ccco3)nc3ccccc23)cc1Cl. The first-order valence-corrected chi connectivity index (χ1v) is 9.93. The molecule has 29 heavy (non-hydrogen) atoms. The number of rotatable bonds is 5. The van der Waals surface area contributed by atoms with E-state index in [-0.39, 0.29) is 11.7 Å². The molecule has 2 aromatic carbocycles. The number of halogens is 1. The number of para-hydroxylation sites is 1. The van der Waals surface area contributed by atoms with Crippen molar-refractivity contribution in [3.05, 3.63) is 71.4 Å². The van der Waals surface area contributed by atoms with Gasteiger partial charge in [-0.2, -0.15) is 5.26 Å². The molecule has 0 aliphatic heterocycles. The van der Waals surface area contributed by atoms with E-state index in [1.165, 1.54) is 11.8 Å². The molecule has 0 atom stereocenters. The minimum absolute atomic E-state index is 0.149. The van der Waals surface area contributed by atoms with Gasteiger partial charge in [0.1, 0.15) is 11.1 Å². The summed E-state index contributed by atoms with van der Waals surface area (Å²) in [5, 5.41) is 13.6. The topological polar surface area (TPSA) is 91.8 Å². The van der Waals surface area contributed by atoms with Crippen LogP contribution in [-0.2, 0) is 4.79 Å². The molecule has 142 valence electrons. The van der Waals surface area contributed by atoms with Gasteiger partial charge in [0.25, 0.3) is 0 Å². The molecule has 1 amide bonds. The number of anilines is 1. The van der Waals surface area contributed by atoms with E-state index in [1.54, 1.807) is 36.6 Å². The summed E-state index contributed by atoms with van der Waals surface area (Å²) in [7, 11) is 0. The Morgan fingerprint density at radius 1 is 1.17 bits per heavy atom. The summed E-state index contributed by atoms with van der Waals surface area (Å²) in [4.78, 5) is 21.5. The third-order valence-electron chi connectivity index (χ3n) is 4.02. The first kappa shape index (κ1) is 19.0. The number of nitrogens with one attached hydrogen (secondary N) is 1. The van der Waals surface area contributed by atoms with Crippen LogP contribution in [0, 0.1) is 11.3 Å². The Morgan fingerprint density at radius 3 is 2.79 bits per heavy atom. The minimum atomic E-state index is -0.210. The zero-order valence-electron chi connectivity index (χ0n) is 14.9. The lowest BCUT2D eigenvalue weighted by molar-refractivity contribution is -0.113. The number of benzene rings is 2. The van der Waals surface area contributed by atoms with E-state index in [4.69, 9.17) is 21.3 Å². The standard InChI is InChI=1S/C21H13ClN4O2S/c22-16-10-14(8-7-13(16)11-23)24-19(27)12-29-21-15-4-1-2-5-17(15)25-20(26-21)18-6-3-9-28-18/h1-10H,12H2,(H,24,27). The highest BCUT2D eigenvalue weighted by Crippen LogP contribution is 2.29. The van der Waals surface area contributed by atoms with Gasteiger partial charge in [0.15, 0.2) is 11.6 Å². The number of hydrogen-bond acceptors (Lipinski definition) is 6. The van der Waals surface area contributed by atoms with Gasteiger partial charge in [0.05, 0.1) is 28.1 Å². The fraction of sp³-hybridized carbons (Fsp3) is 0.0476. The number of fused-ring (bicyclic) bond motifs is 1. The average molecular weight is 421 g/mol. The van der Waals surface area contributed by atoms with Crippen LogP contribution in [0.25, 0.3) is 22.5 Å². The molecule has 0 radical (unpaired) electrons. The van der Waals surface area contributed by atoms with Gasteiger partial charge in [0, 0.05) is 11.1 Å². The fourth-order valence-corrected chi connectivity index (χ4v) is 3.73. The summed E-state index contributed by atoms with van der Waals surface area (Å²) in [6.45, 7) is 0. The zero-order valence-corrected chi connectivity index (χ0v) is 16.5. The second-order valence-electron chi connectivity index (χ2n) is 5.99. The van der Waals surface area contributed by atoms with Crippen molar-refractivity contribution in [3.63, 3.8) is 0 Å². The summed E-state index contributed by atoms with van der Waals surface area (Å²) in [6.07, 6.45) is 1.57. The molecular formula is C21H13ClN4O2S. The summed E-state index contributed by atoms with van der Waals surface area (Å²) < 4.78 is 5.41. The minimum Gasteiger partial charge on any atom is -0.461 e. The normalized spacial score (nSPS) is 10.6. The molecule has 2 heterocycles. The molecule has 1 N–H and O–H groups in total. The van der Waals surface area contributed by atoms with Gasteiger partial charge in [-0.15, -0.1) is 0 Å². The average Bonchev–Trinajstić information content (AvgIpc) is 3.27. The van der Waals surface area contributed by atoms with E-state index < -0.39 is 0 Å². The van der Waals surface area contributed by atoms with Gasteiger partial charge in [-0.05, 0) is 36.4 Å². The highest BCUT2D eigenvalue weighted by molar-refractivity contribution is 8.00. The molecule has 4 rings (SSSR count).